The SMILES string of the molecule is Cc1ccc(S(=O)(=O)N2CCCN(c3nc(C)nc4c3cnn4-c3ccc(C)cc3C)CC2)cc1. The van der Waals surface area contributed by atoms with Gasteiger partial charge in [0.1, 0.15) is 11.6 Å². The van der Waals surface area contributed by atoms with E-state index in [1.807, 2.05) is 36.9 Å². The Labute approximate surface area is 206 Å². The molecule has 1 fully saturated rings. The molecule has 0 amide bonds. The van der Waals surface area contributed by atoms with Crippen molar-refractivity contribution in [2.45, 2.75) is 39.0 Å². The van der Waals surface area contributed by atoms with Gasteiger partial charge in [0.05, 0.1) is 22.2 Å². The Kier molecular flexibility index (Phi) is 6.06. The smallest absolute Gasteiger partial charge is 0.243 e. The maximum atomic E-state index is 13.2. The summed E-state index contributed by atoms with van der Waals surface area (Å²) < 4.78 is 29.9. The van der Waals surface area contributed by atoms with E-state index >= 15 is 0 Å². The molecule has 0 radical (unpaired) electrons. The standard InChI is InChI=1S/C26H30N6O2S/c1-18-6-9-22(10-7-18)35(33,34)31-13-5-12-30(14-15-31)25-23-17-27-32(26(23)29-21(4)28-25)24-11-8-19(2)16-20(24)3/h6-11,16-17H,5,12-15H2,1-4H3. The molecule has 9 heteroatoms. The monoisotopic (exact) mass is 490 g/mol. The Morgan fingerprint density at radius 3 is 2.31 bits per heavy atom. The summed E-state index contributed by atoms with van der Waals surface area (Å²) in [5, 5.41) is 5.52. The lowest BCUT2D eigenvalue weighted by Crippen LogP contribution is -2.35. The number of sulfonamides is 1. The first-order valence-corrected chi connectivity index (χ1v) is 13.3. The molecule has 1 aliphatic rings. The second-order valence-corrected chi connectivity index (χ2v) is 11.2. The molecule has 0 unspecified atom stereocenters. The summed E-state index contributed by atoms with van der Waals surface area (Å²) in [4.78, 5) is 12.0. The normalized spacial score (nSPS) is 15.5. The Bertz CT molecular complexity index is 1490. The Morgan fingerprint density at radius 1 is 0.829 bits per heavy atom. The number of fused-ring (bicyclic) bond motifs is 1. The van der Waals surface area contributed by atoms with Crippen LogP contribution < -0.4 is 4.90 Å². The predicted molar refractivity (Wildman–Crippen MR) is 138 cm³/mol. The van der Waals surface area contributed by atoms with Gasteiger partial charge in [0.15, 0.2) is 5.65 Å². The maximum absolute atomic E-state index is 13.2. The fourth-order valence-corrected chi connectivity index (χ4v) is 6.13. The van der Waals surface area contributed by atoms with Crippen molar-refractivity contribution in [2.75, 3.05) is 31.1 Å². The highest BCUT2D eigenvalue weighted by molar-refractivity contribution is 7.89. The summed E-state index contributed by atoms with van der Waals surface area (Å²) in [7, 11) is -3.54. The van der Waals surface area contributed by atoms with Crippen LogP contribution in [0.2, 0.25) is 0 Å². The zero-order chi connectivity index (χ0) is 24.7. The van der Waals surface area contributed by atoms with Gasteiger partial charge in [-0.05, 0) is 57.9 Å². The number of aromatic nitrogens is 4. The molecule has 8 nitrogen and oxygen atoms in total. The number of rotatable bonds is 4. The Balaban J connectivity index is 1.46. The van der Waals surface area contributed by atoms with E-state index in [-0.39, 0.29) is 0 Å². The summed E-state index contributed by atoms with van der Waals surface area (Å²) >= 11 is 0. The number of benzene rings is 2. The van der Waals surface area contributed by atoms with E-state index in [9.17, 15) is 8.42 Å². The van der Waals surface area contributed by atoms with Gasteiger partial charge in [0.25, 0.3) is 0 Å². The number of hydrogen-bond acceptors (Lipinski definition) is 6. The molecule has 3 heterocycles. The molecular weight excluding hydrogens is 460 g/mol. The third-order valence-corrected chi connectivity index (χ3v) is 8.43. The zero-order valence-corrected chi connectivity index (χ0v) is 21.4. The molecular formula is C26H30N6O2S. The number of hydrogen-bond donors (Lipinski definition) is 0. The van der Waals surface area contributed by atoms with Gasteiger partial charge < -0.3 is 4.90 Å². The van der Waals surface area contributed by atoms with E-state index in [0.717, 1.165) is 33.7 Å². The van der Waals surface area contributed by atoms with Gasteiger partial charge in [-0.3, -0.25) is 0 Å². The van der Waals surface area contributed by atoms with Crippen molar-refractivity contribution >= 4 is 26.9 Å². The summed E-state index contributed by atoms with van der Waals surface area (Å²) in [6.07, 6.45) is 2.52. The van der Waals surface area contributed by atoms with Crippen LogP contribution in [0.4, 0.5) is 5.82 Å². The lowest BCUT2D eigenvalue weighted by Gasteiger charge is -2.23. The number of nitrogens with zero attached hydrogens (tertiary/aromatic N) is 6. The van der Waals surface area contributed by atoms with Crippen molar-refractivity contribution in [3.63, 3.8) is 0 Å². The van der Waals surface area contributed by atoms with Crippen molar-refractivity contribution in [2.24, 2.45) is 0 Å². The van der Waals surface area contributed by atoms with E-state index < -0.39 is 10.0 Å². The first-order valence-electron chi connectivity index (χ1n) is 11.9. The third kappa shape index (κ3) is 4.41. The highest BCUT2D eigenvalue weighted by Gasteiger charge is 2.28. The highest BCUT2D eigenvalue weighted by atomic mass is 32.2. The molecule has 0 bridgehead atoms. The van der Waals surface area contributed by atoms with Crippen LogP contribution in [0.3, 0.4) is 0 Å². The second-order valence-electron chi connectivity index (χ2n) is 9.24. The van der Waals surface area contributed by atoms with Gasteiger partial charge in [-0.15, -0.1) is 0 Å². The second kappa shape index (κ2) is 9.05. The van der Waals surface area contributed by atoms with E-state index in [1.54, 1.807) is 16.4 Å². The number of anilines is 1. The molecule has 0 spiro atoms. The van der Waals surface area contributed by atoms with Crippen LogP contribution in [0, 0.1) is 27.7 Å². The third-order valence-electron chi connectivity index (χ3n) is 6.51. The van der Waals surface area contributed by atoms with Gasteiger partial charge >= 0.3 is 0 Å². The van der Waals surface area contributed by atoms with Crippen LogP contribution in [-0.2, 0) is 10.0 Å². The molecule has 2 aromatic heterocycles. The van der Waals surface area contributed by atoms with Crippen LogP contribution in [0.5, 0.6) is 0 Å². The van der Waals surface area contributed by atoms with Crippen molar-refractivity contribution < 1.29 is 8.42 Å². The lowest BCUT2D eigenvalue weighted by molar-refractivity contribution is 0.433. The van der Waals surface area contributed by atoms with Crippen molar-refractivity contribution in [1.29, 1.82) is 0 Å². The summed E-state index contributed by atoms with van der Waals surface area (Å²) in [6.45, 7) is 10.1. The fourth-order valence-electron chi connectivity index (χ4n) is 4.66. The predicted octanol–water partition coefficient (Wildman–Crippen LogP) is 3.95. The van der Waals surface area contributed by atoms with Gasteiger partial charge in [0, 0.05) is 26.2 Å². The molecule has 0 saturated carbocycles. The minimum Gasteiger partial charge on any atom is -0.355 e. The quantitative estimate of drug-likeness (QED) is 0.431. The molecule has 35 heavy (non-hydrogen) atoms. The van der Waals surface area contributed by atoms with Crippen molar-refractivity contribution in [3.8, 4) is 5.69 Å². The molecule has 182 valence electrons. The minimum atomic E-state index is -3.54. The van der Waals surface area contributed by atoms with E-state index in [2.05, 4.69) is 42.0 Å². The average molecular weight is 491 g/mol. The van der Waals surface area contributed by atoms with Crippen LogP contribution in [0.25, 0.3) is 16.7 Å². The van der Waals surface area contributed by atoms with Crippen LogP contribution in [-0.4, -0.2) is 58.7 Å². The topological polar surface area (TPSA) is 84.2 Å². The average Bonchev–Trinajstić information content (AvgIpc) is 3.06. The van der Waals surface area contributed by atoms with Crippen LogP contribution in [0.1, 0.15) is 28.9 Å². The maximum Gasteiger partial charge on any atom is 0.243 e. The van der Waals surface area contributed by atoms with Gasteiger partial charge in [0.2, 0.25) is 10.0 Å². The molecule has 0 atom stereocenters. The first-order chi connectivity index (χ1) is 16.7. The molecule has 0 aliphatic carbocycles. The van der Waals surface area contributed by atoms with E-state index in [4.69, 9.17) is 9.97 Å². The number of aryl methyl sites for hydroxylation is 4. The zero-order valence-electron chi connectivity index (χ0n) is 20.6. The summed E-state index contributed by atoms with van der Waals surface area (Å²) in [5.74, 6) is 1.46. The van der Waals surface area contributed by atoms with Crippen molar-refractivity contribution in [1.82, 2.24) is 24.1 Å². The van der Waals surface area contributed by atoms with Gasteiger partial charge in [-0.1, -0.05) is 35.4 Å². The largest absolute Gasteiger partial charge is 0.355 e. The van der Waals surface area contributed by atoms with Crippen LogP contribution >= 0.6 is 0 Å². The van der Waals surface area contributed by atoms with Gasteiger partial charge in [-0.25, -0.2) is 23.1 Å². The molecule has 1 aliphatic heterocycles. The summed E-state index contributed by atoms with van der Waals surface area (Å²) in [5.41, 5.74) is 5.10. The molecule has 1 saturated heterocycles. The molecule has 0 N–H and O–H groups in total. The fraction of sp³-hybridized carbons (Fsp3) is 0.346. The summed E-state index contributed by atoms with van der Waals surface area (Å²) in [6, 6.07) is 13.3. The molecule has 2 aromatic carbocycles. The minimum absolute atomic E-state index is 0.339. The van der Waals surface area contributed by atoms with E-state index in [0.29, 0.717) is 43.3 Å². The molecule has 4 aromatic rings. The van der Waals surface area contributed by atoms with Gasteiger partial charge in [-0.2, -0.15) is 9.40 Å². The Morgan fingerprint density at radius 2 is 1.57 bits per heavy atom. The van der Waals surface area contributed by atoms with Crippen LogP contribution in [0.15, 0.2) is 53.6 Å². The molecule has 5 rings (SSSR count). The highest BCUT2D eigenvalue weighted by Crippen LogP contribution is 2.28. The lowest BCUT2D eigenvalue weighted by atomic mass is 10.1. The first kappa shape index (κ1) is 23.4. The Hall–Kier alpha value is -3.30. The van der Waals surface area contributed by atoms with Crippen molar-refractivity contribution in [3.05, 3.63) is 71.2 Å². The van der Waals surface area contributed by atoms with E-state index in [1.165, 1.54) is 5.56 Å².